The first-order valence-corrected chi connectivity index (χ1v) is 8.70. The van der Waals surface area contributed by atoms with Gasteiger partial charge >= 0.3 is 0 Å². The third kappa shape index (κ3) is 12.2. The van der Waals surface area contributed by atoms with Gasteiger partial charge in [0.2, 0.25) is 5.05 Å². The van der Waals surface area contributed by atoms with Gasteiger partial charge < -0.3 is 4.74 Å². The summed E-state index contributed by atoms with van der Waals surface area (Å²) in [5.41, 5.74) is 0. The van der Waals surface area contributed by atoms with Crippen molar-refractivity contribution in [2.24, 2.45) is 0 Å². The molecule has 0 radical (unpaired) electrons. The van der Waals surface area contributed by atoms with Gasteiger partial charge in [-0.1, -0.05) is 86.7 Å². The molecular formula is C14H25Cl3OS. The third-order valence-electron chi connectivity index (χ3n) is 3.00. The predicted molar refractivity (Wildman–Crippen MR) is 90.7 cm³/mol. The van der Waals surface area contributed by atoms with Crippen LogP contribution in [0.15, 0.2) is 0 Å². The van der Waals surface area contributed by atoms with Crippen LogP contribution in [-0.4, -0.2) is 14.9 Å². The highest BCUT2D eigenvalue weighted by Crippen LogP contribution is 2.29. The molecule has 0 saturated carbocycles. The number of thiocarbonyl (C=S) groups is 1. The second-order valence-corrected chi connectivity index (χ2v) is 7.63. The lowest BCUT2D eigenvalue weighted by molar-refractivity contribution is 0.195. The summed E-state index contributed by atoms with van der Waals surface area (Å²) >= 11 is 21.8. The summed E-state index contributed by atoms with van der Waals surface area (Å²) in [6.45, 7) is 4.20. The lowest BCUT2D eigenvalue weighted by atomic mass is 10.1. The summed E-state index contributed by atoms with van der Waals surface area (Å²) in [4.78, 5) is 0. The topological polar surface area (TPSA) is 9.23 Å². The molecule has 0 bridgehead atoms. The molecule has 0 rings (SSSR count). The third-order valence-corrected chi connectivity index (χ3v) is 4.26. The first-order valence-electron chi connectivity index (χ1n) is 7.15. The molecule has 0 heterocycles. The maximum atomic E-state index is 5.64. The average Bonchev–Trinajstić information content (AvgIpc) is 2.31. The Bertz CT molecular complexity index is 241. The Hall–Kier alpha value is 0.760. The fourth-order valence-electron chi connectivity index (χ4n) is 1.87. The number of hydrogen-bond donors (Lipinski definition) is 0. The summed E-state index contributed by atoms with van der Waals surface area (Å²) in [6.07, 6.45) is 11.4. The monoisotopic (exact) mass is 346 g/mol. The predicted octanol–water partition coefficient (Wildman–Crippen LogP) is 6.62. The van der Waals surface area contributed by atoms with E-state index in [-0.39, 0.29) is 11.2 Å². The van der Waals surface area contributed by atoms with Crippen molar-refractivity contribution in [1.29, 1.82) is 0 Å². The Morgan fingerprint density at radius 3 is 1.95 bits per heavy atom. The van der Waals surface area contributed by atoms with Gasteiger partial charge in [0.15, 0.2) is 0 Å². The molecule has 1 unspecified atom stereocenters. The zero-order valence-corrected chi connectivity index (χ0v) is 15.0. The van der Waals surface area contributed by atoms with Crippen LogP contribution in [0.5, 0.6) is 0 Å². The molecule has 0 fully saturated rings. The molecule has 0 aromatic carbocycles. The summed E-state index contributed by atoms with van der Waals surface area (Å²) in [6, 6.07) is 0. The molecule has 114 valence electrons. The number of halogens is 3. The lowest BCUT2D eigenvalue weighted by Gasteiger charge is -2.19. The van der Waals surface area contributed by atoms with Gasteiger partial charge in [0.25, 0.3) is 3.79 Å². The molecule has 0 N–H and O–H groups in total. The molecule has 0 aliphatic heterocycles. The SMILES string of the molecule is CCCCCCCCCCC(C)OC(=S)C(Cl)(Cl)Cl. The lowest BCUT2D eigenvalue weighted by Crippen LogP contribution is -2.24. The second-order valence-electron chi connectivity index (χ2n) is 4.98. The van der Waals surface area contributed by atoms with E-state index in [1.165, 1.54) is 44.9 Å². The van der Waals surface area contributed by atoms with Crippen LogP contribution in [-0.2, 0) is 4.74 Å². The highest BCUT2D eigenvalue weighted by molar-refractivity contribution is 7.80. The van der Waals surface area contributed by atoms with E-state index in [9.17, 15) is 0 Å². The van der Waals surface area contributed by atoms with Gasteiger partial charge in [-0.2, -0.15) is 0 Å². The molecule has 0 aromatic rings. The number of ether oxygens (including phenoxy) is 1. The highest BCUT2D eigenvalue weighted by Gasteiger charge is 2.29. The van der Waals surface area contributed by atoms with E-state index < -0.39 is 3.79 Å². The molecule has 0 aromatic heterocycles. The van der Waals surface area contributed by atoms with Gasteiger partial charge in [-0.15, -0.1) is 0 Å². The van der Waals surface area contributed by atoms with Crippen molar-refractivity contribution in [3.63, 3.8) is 0 Å². The standard InChI is InChI=1S/C14H25Cl3OS/c1-3-4-5-6-7-8-9-10-11-12(2)18-13(19)14(15,16)17/h12H,3-11H2,1-2H3. The van der Waals surface area contributed by atoms with Crippen LogP contribution in [0.1, 0.15) is 71.6 Å². The van der Waals surface area contributed by atoms with Crippen LogP contribution < -0.4 is 0 Å². The second kappa shape index (κ2) is 11.4. The molecule has 5 heteroatoms. The van der Waals surface area contributed by atoms with Gasteiger partial charge in [0.1, 0.15) is 0 Å². The molecule has 1 nitrogen and oxygen atoms in total. The fraction of sp³-hybridized carbons (Fsp3) is 0.929. The van der Waals surface area contributed by atoms with Crippen LogP contribution in [0.3, 0.4) is 0 Å². The highest BCUT2D eigenvalue weighted by atomic mass is 35.6. The molecule has 0 amide bonds. The first-order chi connectivity index (χ1) is 8.88. The van der Waals surface area contributed by atoms with Crippen LogP contribution in [0.25, 0.3) is 0 Å². The van der Waals surface area contributed by atoms with E-state index in [2.05, 4.69) is 6.92 Å². The molecule has 0 saturated heterocycles. The Morgan fingerprint density at radius 1 is 1.00 bits per heavy atom. The Morgan fingerprint density at radius 2 is 1.47 bits per heavy atom. The normalized spacial score (nSPS) is 13.3. The van der Waals surface area contributed by atoms with Gasteiger partial charge in [-0.3, -0.25) is 0 Å². The Kier molecular flexibility index (Phi) is 11.9. The van der Waals surface area contributed by atoms with Crippen LogP contribution in [0.4, 0.5) is 0 Å². The molecule has 0 aliphatic carbocycles. The van der Waals surface area contributed by atoms with Crippen molar-refractivity contribution in [3.8, 4) is 0 Å². The van der Waals surface area contributed by atoms with E-state index in [0.717, 1.165) is 12.8 Å². The van der Waals surface area contributed by atoms with E-state index in [4.69, 9.17) is 51.8 Å². The van der Waals surface area contributed by atoms with Crippen molar-refractivity contribution in [1.82, 2.24) is 0 Å². The van der Waals surface area contributed by atoms with Gasteiger partial charge in [-0.25, -0.2) is 0 Å². The number of hydrogen-bond acceptors (Lipinski definition) is 2. The van der Waals surface area contributed by atoms with E-state index in [0.29, 0.717) is 0 Å². The smallest absolute Gasteiger partial charge is 0.258 e. The minimum atomic E-state index is -1.59. The summed E-state index contributed by atoms with van der Waals surface area (Å²) < 4.78 is 3.82. The molecule has 0 spiro atoms. The maximum Gasteiger partial charge on any atom is 0.258 e. The van der Waals surface area contributed by atoms with Crippen molar-refractivity contribution < 1.29 is 4.74 Å². The van der Waals surface area contributed by atoms with Crippen LogP contribution in [0, 0.1) is 0 Å². The summed E-state index contributed by atoms with van der Waals surface area (Å²) in [5.74, 6) is 0. The zero-order valence-electron chi connectivity index (χ0n) is 11.9. The number of alkyl halides is 3. The zero-order chi connectivity index (χ0) is 14.7. The molecule has 0 aliphatic rings. The van der Waals surface area contributed by atoms with Gasteiger partial charge in [-0.05, 0) is 32.0 Å². The molecule has 19 heavy (non-hydrogen) atoms. The minimum Gasteiger partial charge on any atom is -0.480 e. The van der Waals surface area contributed by atoms with E-state index in [1.807, 2.05) is 6.92 Å². The van der Waals surface area contributed by atoms with Crippen molar-refractivity contribution in [2.75, 3.05) is 0 Å². The largest absolute Gasteiger partial charge is 0.480 e. The summed E-state index contributed by atoms with van der Waals surface area (Å²) in [7, 11) is 0. The van der Waals surface area contributed by atoms with Crippen molar-refractivity contribution >= 4 is 52.1 Å². The first kappa shape index (κ1) is 19.8. The van der Waals surface area contributed by atoms with Gasteiger partial charge in [0.05, 0.1) is 6.10 Å². The Balaban J connectivity index is 3.44. The van der Waals surface area contributed by atoms with Crippen molar-refractivity contribution in [3.05, 3.63) is 0 Å². The maximum absolute atomic E-state index is 5.64. The number of unbranched alkanes of at least 4 members (excludes halogenated alkanes) is 7. The quantitative estimate of drug-likeness (QED) is 0.249. The van der Waals surface area contributed by atoms with E-state index >= 15 is 0 Å². The number of rotatable bonds is 10. The van der Waals surface area contributed by atoms with Crippen LogP contribution >= 0.6 is 47.0 Å². The molecular weight excluding hydrogens is 323 g/mol. The Labute approximate surface area is 138 Å². The van der Waals surface area contributed by atoms with Crippen LogP contribution in [0.2, 0.25) is 0 Å². The van der Waals surface area contributed by atoms with E-state index in [1.54, 1.807) is 0 Å². The molecule has 1 atom stereocenters. The fourth-order valence-corrected chi connectivity index (χ4v) is 2.17. The average molecular weight is 348 g/mol. The minimum absolute atomic E-state index is 0.0169. The summed E-state index contributed by atoms with van der Waals surface area (Å²) in [5, 5.41) is 0.0459. The van der Waals surface area contributed by atoms with Crippen molar-refractivity contribution in [2.45, 2.75) is 81.5 Å². The van der Waals surface area contributed by atoms with Gasteiger partial charge in [0, 0.05) is 0 Å².